The van der Waals surface area contributed by atoms with Crippen LogP contribution in [0.1, 0.15) is 11.3 Å². The van der Waals surface area contributed by atoms with Crippen LogP contribution in [0.5, 0.6) is 0 Å². The van der Waals surface area contributed by atoms with Gasteiger partial charge in [0.1, 0.15) is 0 Å². The first-order valence-electron chi connectivity index (χ1n) is 5.05. The summed E-state index contributed by atoms with van der Waals surface area (Å²) in [6.07, 6.45) is 3.21. The Morgan fingerprint density at radius 1 is 1.38 bits per heavy atom. The molecule has 16 heavy (non-hydrogen) atoms. The van der Waals surface area contributed by atoms with Crippen LogP contribution in [0.3, 0.4) is 0 Å². The van der Waals surface area contributed by atoms with E-state index < -0.39 is 0 Å². The van der Waals surface area contributed by atoms with Crippen molar-refractivity contribution in [2.24, 2.45) is 0 Å². The largest absolute Gasteiger partial charge is 0.466 e. The summed E-state index contributed by atoms with van der Waals surface area (Å²) < 4.78 is 4.56. The molecule has 0 bridgehead atoms. The molecular formula is C13H13NO2. The van der Waals surface area contributed by atoms with E-state index in [4.69, 9.17) is 0 Å². The standard InChI is InChI=1S/C13H13NO2/c1-9-10(7-8-13(15)16-2)11-5-3-4-6-12(11)14-9/h3-8,14H,1-2H3/b8-7+. The minimum atomic E-state index is -0.343. The number of carbonyl (C=O) groups excluding carboxylic acids is 1. The minimum absolute atomic E-state index is 0.343. The SMILES string of the molecule is COC(=O)/C=C/c1c(C)[nH]c2ccccc12. The molecule has 0 unspecified atom stereocenters. The lowest BCUT2D eigenvalue weighted by Gasteiger charge is -1.93. The summed E-state index contributed by atoms with van der Waals surface area (Å²) in [4.78, 5) is 14.3. The minimum Gasteiger partial charge on any atom is -0.466 e. The van der Waals surface area contributed by atoms with Gasteiger partial charge in [-0.3, -0.25) is 0 Å². The Labute approximate surface area is 93.7 Å². The highest BCUT2D eigenvalue weighted by atomic mass is 16.5. The van der Waals surface area contributed by atoms with Crippen LogP contribution < -0.4 is 0 Å². The number of rotatable bonds is 2. The molecule has 0 fully saturated rings. The molecule has 0 atom stereocenters. The van der Waals surface area contributed by atoms with E-state index in [2.05, 4.69) is 9.72 Å². The molecule has 0 aliphatic rings. The van der Waals surface area contributed by atoms with E-state index in [1.165, 1.54) is 13.2 Å². The summed E-state index contributed by atoms with van der Waals surface area (Å²) in [7, 11) is 1.37. The van der Waals surface area contributed by atoms with E-state index in [9.17, 15) is 4.79 Å². The van der Waals surface area contributed by atoms with Crippen molar-refractivity contribution >= 4 is 22.9 Å². The first-order valence-corrected chi connectivity index (χ1v) is 5.05. The van der Waals surface area contributed by atoms with Gasteiger partial charge in [0, 0.05) is 28.2 Å². The van der Waals surface area contributed by atoms with Crippen LogP contribution >= 0.6 is 0 Å². The van der Waals surface area contributed by atoms with Crippen molar-refractivity contribution in [1.29, 1.82) is 0 Å². The molecule has 1 aromatic carbocycles. The number of aromatic amines is 1. The second kappa shape index (κ2) is 4.23. The van der Waals surface area contributed by atoms with E-state index in [0.29, 0.717) is 0 Å². The van der Waals surface area contributed by atoms with Crippen LogP contribution in [-0.4, -0.2) is 18.1 Å². The van der Waals surface area contributed by atoms with Gasteiger partial charge in [-0.25, -0.2) is 4.79 Å². The van der Waals surface area contributed by atoms with E-state index in [0.717, 1.165) is 22.2 Å². The molecule has 82 valence electrons. The van der Waals surface area contributed by atoms with Crippen molar-refractivity contribution < 1.29 is 9.53 Å². The van der Waals surface area contributed by atoms with Gasteiger partial charge in [0.25, 0.3) is 0 Å². The average Bonchev–Trinajstić information content (AvgIpc) is 2.62. The number of methoxy groups -OCH3 is 1. The Morgan fingerprint density at radius 2 is 2.12 bits per heavy atom. The Bertz CT molecular complexity index is 552. The smallest absolute Gasteiger partial charge is 0.330 e. The topological polar surface area (TPSA) is 42.1 Å². The lowest BCUT2D eigenvalue weighted by Crippen LogP contribution is -1.93. The van der Waals surface area contributed by atoms with Crippen molar-refractivity contribution in [3.63, 3.8) is 0 Å². The zero-order valence-electron chi connectivity index (χ0n) is 9.28. The van der Waals surface area contributed by atoms with Crippen LogP contribution in [0.4, 0.5) is 0 Å². The molecule has 3 heteroatoms. The maximum Gasteiger partial charge on any atom is 0.330 e. The van der Waals surface area contributed by atoms with Gasteiger partial charge in [-0.1, -0.05) is 18.2 Å². The number of aromatic nitrogens is 1. The molecule has 1 heterocycles. The number of hydrogen-bond acceptors (Lipinski definition) is 2. The van der Waals surface area contributed by atoms with Gasteiger partial charge in [0.05, 0.1) is 7.11 Å². The number of H-pyrrole nitrogens is 1. The third kappa shape index (κ3) is 1.84. The van der Waals surface area contributed by atoms with Gasteiger partial charge in [-0.2, -0.15) is 0 Å². The zero-order valence-corrected chi connectivity index (χ0v) is 9.28. The fourth-order valence-corrected chi connectivity index (χ4v) is 1.73. The summed E-state index contributed by atoms with van der Waals surface area (Å²) in [5.74, 6) is -0.343. The predicted octanol–water partition coefficient (Wildman–Crippen LogP) is 2.66. The van der Waals surface area contributed by atoms with Gasteiger partial charge >= 0.3 is 5.97 Å². The van der Waals surface area contributed by atoms with Crippen LogP contribution in [-0.2, 0) is 9.53 Å². The highest BCUT2D eigenvalue weighted by molar-refractivity contribution is 5.95. The summed E-state index contributed by atoms with van der Waals surface area (Å²) in [5, 5.41) is 1.11. The van der Waals surface area contributed by atoms with Gasteiger partial charge < -0.3 is 9.72 Å². The Morgan fingerprint density at radius 3 is 2.88 bits per heavy atom. The van der Waals surface area contributed by atoms with Crippen molar-refractivity contribution in [2.75, 3.05) is 7.11 Å². The Hall–Kier alpha value is -2.03. The number of para-hydroxylation sites is 1. The van der Waals surface area contributed by atoms with Crippen molar-refractivity contribution in [3.05, 3.63) is 41.6 Å². The fraction of sp³-hybridized carbons (Fsp3) is 0.154. The monoisotopic (exact) mass is 215 g/mol. The maximum absolute atomic E-state index is 11.0. The van der Waals surface area contributed by atoms with Crippen molar-refractivity contribution in [3.8, 4) is 0 Å². The summed E-state index contributed by atoms with van der Waals surface area (Å²) in [6, 6.07) is 7.99. The molecule has 0 aliphatic carbocycles. The fourth-order valence-electron chi connectivity index (χ4n) is 1.73. The van der Waals surface area contributed by atoms with Crippen LogP contribution in [0, 0.1) is 6.92 Å². The number of nitrogens with one attached hydrogen (secondary N) is 1. The Kier molecular flexibility index (Phi) is 2.77. The number of fused-ring (bicyclic) bond motifs is 1. The second-order valence-electron chi connectivity index (χ2n) is 3.57. The molecule has 1 N–H and O–H groups in total. The van der Waals surface area contributed by atoms with Crippen molar-refractivity contribution in [1.82, 2.24) is 4.98 Å². The molecule has 1 aromatic heterocycles. The number of benzene rings is 1. The van der Waals surface area contributed by atoms with Crippen LogP contribution in [0.2, 0.25) is 0 Å². The first-order chi connectivity index (χ1) is 7.72. The summed E-state index contributed by atoms with van der Waals surface area (Å²) in [5.41, 5.74) is 3.15. The number of ether oxygens (including phenoxy) is 1. The lowest BCUT2D eigenvalue weighted by atomic mass is 10.1. The highest BCUT2D eigenvalue weighted by Crippen LogP contribution is 2.22. The predicted molar refractivity (Wildman–Crippen MR) is 64.1 cm³/mol. The summed E-state index contributed by atoms with van der Waals surface area (Å²) in [6.45, 7) is 1.98. The number of esters is 1. The lowest BCUT2D eigenvalue weighted by molar-refractivity contribution is -0.134. The Balaban J connectivity index is 2.47. The van der Waals surface area contributed by atoms with Crippen molar-refractivity contribution in [2.45, 2.75) is 6.92 Å². The van der Waals surface area contributed by atoms with E-state index >= 15 is 0 Å². The average molecular weight is 215 g/mol. The maximum atomic E-state index is 11.0. The van der Waals surface area contributed by atoms with Gasteiger partial charge in [0.15, 0.2) is 0 Å². The highest BCUT2D eigenvalue weighted by Gasteiger charge is 2.04. The number of carbonyl (C=O) groups is 1. The molecule has 0 saturated carbocycles. The number of hydrogen-bond donors (Lipinski definition) is 1. The van der Waals surface area contributed by atoms with Crippen LogP contribution in [0.15, 0.2) is 30.3 Å². The molecule has 0 saturated heterocycles. The molecule has 2 rings (SSSR count). The molecule has 0 radical (unpaired) electrons. The second-order valence-corrected chi connectivity index (χ2v) is 3.57. The first kappa shape index (κ1) is 10.5. The normalized spacial score (nSPS) is 11.1. The van der Waals surface area contributed by atoms with E-state index in [-0.39, 0.29) is 5.97 Å². The molecule has 0 aliphatic heterocycles. The molecule has 0 amide bonds. The van der Waals surface area contributed by atoms with Gasteiger partial charge in [-0.15, -0.1) is 0 Å². The molecule has 0 spiro atoms. The zero-order chi connectivity index (χ0) is 11.5. The van der Waals surface area contributed by atoms with E-state index in [1.54, 1.807) is 6.08 Å². The third-order valence-electron chi connectivity index (χ3n) is 2.53. The van der Waals surface area contributed by atoms with E-state index in [1.807, 2.05) is 31.2 Å². The summed E-state index contributed by atoms with van der Waals surface area (Å²) >= 11 is 0. The quantitative estimate of drug-likeness (QED) is 0.618. The number of aryl methyl sites for hydroxylation is 1. The molecular weight excluding hydrogens is 202 g/mol. The molecule has 2 aromatic rings. The van der Waals surface area contributed by atoms with Gasteiger partial charge in [-0.05, 0) is 19.1 Å². The molecule has 3 nitrogen and oxygen atoms in total. The van der Waals surface area contributed by atoms with Crippen LogP contribution in [0.25, 0.3) is 17.0 Å². The van der Waals surface area contributed by atoms with Gasteiger partial charge in [0.2, 0.25) is 0 Å². The third-order valence-corrected chi connectivity index (χ3v) is 2.53.